The highest BCUT2D eigenvalue weighted by molar-refractivity contribution is 9.10. The van der Waals surface area contributed by atoms with Crippen molar-refractivity contribution in [3.05, 3.63) is 58.6 Å². The maximum absolute atomic E-state index is 5.63. The SMILES string of the molecule is NCCc1ccc(Br)cc1-c1ccccc1. The fourth-order valence-corrected chi connectivity index (χ4v) is 2.17. The molecule has 0 unspecified atom stereocenters. The first-order valence-electron chi connectivity index (χ1n) is 5.35. The van der Waals surface area contributed by atoms with Crippen molar-refractivity contribution in [1.29, 1.82) is 0 Å². The summed E-state index contributed by atoms with van der Waals surface area (Å²) in [7, 11) is 0. The summed E-state index contributed by atoms with van der Waals surface area (Å²) in [6.45, 7) is 0.682. The molecule has 2 aromatic carbocycles. The molecule has 0 aromatic heterocycles. The number of benzene rings is 2. The van der Waals surface area contributed by atoms with E-state index < -0.39 is 0 Å². The molecule has 0 aliphatic carbocycles. The molecule has 0 heterocycles. The van der Waals surface area contributed by atoms with Crippen LogP contribution in [0.2, 0.25) is 0 Å². The first kappa shape index (κ1) is 11.4. The van der Waals surface area contributed by atoms with E-state index in [0.29, 0.717) is 6.54 Å². The van der Waals surface area contributed by atoms with Gasteiger partial charge in [0.05, 0.1) is 0 Å². The lowest BCUT2D eigenvalue weighted by Gasteiger charge is -2.09. The van der Waals surface area contributed by atoms with Gasteiger partial charge in [-0.25, -0.2) is 0 Å². The van der Waals surface area contributed by atoms with Crippen LogP contribution in [-0.4, -0.2) is 6.54 Å². The van der Waals surface area contributed by atoms with Gasteiger partial charge >= 0.3 is 0 Å². The second-order valence-corrected chi connectivity index (χ2v) is 4.62. The van der Waals surface area contributed by atoms with E-state index in [1.807, 2.05) is 6.07 Å². The fourth-order valence-electron chi connectivity index (χ4n) is 1.81. The van der Waals surface area contributed by atoms with E-state index in [1.165, 1.54) is 16.7 Å². The van der Waals surface area contributed by atoms with Gasteiger partial charge in [0.25, 0.3) is 0 Å². The number of halogens is 1. The summed E-state index contributed by atoms with van der Waals surface area (Å²) in [6, 6.07) is 16.8. The highest BCUT2D eigenvalue weighted by Gasteiger charge is 2.04. The number of hydrogen-bond donors (Lipinski definition) is 1. The van der Waals surface area contributed by atoms with Crippen LogP contribution in [0, 0.1) is 0 Å². The van der Waals surface area contributed by atoms with Crippen LogP contribution in [-0.2, 0) is 6.42 Å². The molecule has 0 amide bonds. The zero-order valence-corrected chi connectivity index (χ0v) is 10.6. The Labute approximate surface area is 104 Å². The van der Waals surface area contributed by atoms with Crippen LogP contribution in [0.25, 0.3) is 11.1 Å². The Morgan fingerprint density at radius 2 is 1.75 bits per heavy atom. The normalized spacial score (nSPS) is 10.4. The predicted molar refractivity (Wildman–Crippen MR) is 72.3 cm³/mol. The van der Waals surface area contributed by atoms with Crippen LogP contribution in [0.15, 0.2) is 53.0 Å². The minimum Gasteiger partial charge on any atom is -0.330 e. The van der Waals surface area contributed by atoms with Crippen LogP contribution in [0.5, 0.6) is 0 Å². The molecule has 16 heavy (non-hydrogen) atoms. The molecule has 2 heteroatoms. The second-order valence-electron chi connectivity index (χ2n) is 3.71. The van der Waals surface area contributed by atoms with Gasteiger partial charge in [0.2, 0.25) is 0 Å². The lowest BCUT2D eigenvalue weighted by atomic mass is 9.98. The van der Waals surface area contributed by atoms with Crippen molar-refractivity contribution in [2.75, 3.05) is 6.54 Å². The van der Waals surface area contributed by atoms with Gasteiger partial charge in [-0.1, -0.05) is 52.3 Å². The van der Waals surface area contributed by atoms with E-state index in [0.717, 1.165) is 10.9 Å². The maximum atomic E-state index is 5.63. The number of rotatable bonds is 3. The molecule has 1 nitrogen and oxygen atoms in total. The maximum Gasteiger partial charge on any atom is 0.0181 e. The monoisotopic (exact) mass is 275 g/mol. The van der Waals surface area contributed by atoms with E-state index in [2.05, 4.69) is 58.4 Å². The Morgan fingerprint density at radius 1 is 1.00 bits per heavy atom. The topological polar surface area (TPSA) is 26.0 Å². The number of nitrogens with two attached hydrogens (primary N) is 1. The third-order valence-corrected chi connectivity index (χ3v) is 3.06. The molecule has 0 saturated carbocycles. The highest BCUT2D eigenvalue weighted by Crippen LogP contribution is 2.27. The second kappa shape index (κ2) is 5.28. The van der Waals surface area contributed by atoms with E-state index in [9.17, 15) is 0 Å². The molecule has 0 aliphatic heterocycles. The first-order valence-corrected chi connectivity index (χ1v) is 6.14. The van der Waals surface area contributed by atoms with Crippen LogP contribution >= 0.6 is 15.9 Å². The third-order valence-electron chi connectivity index (χ3n) is 2.57. The standard InChI is InChI=1S/C14H14BrN/c15-13-7-6-12(8-9-16)14(10-13)11-4-2-1-3-5-11/h1-7,10H,8-9,16H2. The molecule has 0 bridgehead atoms. The molecule has 82 valence electrons. The van der Waals surface area contributed by atoms with Crippen molar-refractivity contribution in [2.24, 2.45) is 5.73 Å². The van der Waals surface area contributed by atoms with Gasteiger partial charge in [-0.05, 0) is 41.8 Å². The van der Waals surface area contributed by atoms with Crippen LogP contribution in [0.4, 0.5) is 0 Å². The summed E-state index contributed by atoms with van der Waals surface area (Å²) in [4.78, 5) is 0. The molecule has 0 atom stereocenters. The predicted octanol–water partition coefficient (Wildman–Crippen LogP) is 3.62. The van der Waals surface area contributed by atoms with Gasteiger partial charge in [0.15, 0.2) is 0 Å². The van der Waals surface area contributed by atoms with Crippen molar-refractivity contribution in [2.45, 2.75) is 6.42 Å². The molecule has 0 aliphatic rings. The average Bonchev–Trinajstić information content (AvgIpc) is 2.33. The third kappa shape index (κ3) is 2.52. The van der Waals surface area contributed by atoms with Crippen molar-refractivity contribution in [3.8, 4) is 11.1 Å². The molecule has 2 N–H and O–H groups in total. The zero-order valence-electron chi connectivity index (χ0n) is 8.99. The van der Waals surface area contributed by atoms with Gasteiger partial charge in [-0.15, -0.1) is 0 Å². The number of hydrogen-bond acceptors (Lipinski definition) is 1. The zero-order chi connectivity index (χ0) is 11.4. The summed E-state index contributed by atoms with van der Waals surface area (Å²) in [5, 5.41) is 0. The minimum absolute atomic E-state index is 0.682. The Kier molecular flexibility index (Phi) is 3.75. The van der Waals surface area contributed by atoms with E-state index in [1.54, 1.807) is 0 Å². The van der Waals surface area contributed by atoms with Crippen LogP contribution in [0.3, 0.4) is 0 Å². The molecule has 2 aromatic rings. The minimum atomic E-state index is 0.682. The largest absolute Gasteiger partial charge is 0.330 e. The fraction of sp³-hybridized carbons (Fsp3) is 0.143. The Bertz CT molecular complexity index is 465. The van der Waals surface area contributed by atoms with Crippen molar-refractivity contribution < 1.29 is 0 Å². The average molecular weight is 276 g/mol. The summed E-state index contributed by atoms with van der Waals surface area (Å²) in [5.74, 6) is 0. The molecule has 2 rings (SSSR count). The molecule has 0 saturated heterocycles. The van der Waals surface area contributed by atoms with Crippen LogP contribution < -0.4 is 5.73 Å². The summed E-state index contributed by atoms with van der Waals surface area (Å²) >= 11 is 3.51. The van der Waals surface area contributed by atoms with Crippen molar-refractivity contribution in [3.63, 3.8) is 0 Å². The summed E-state index contributed by atoms with van der Waals surface area (Å²) < 4.78 is 1.10. The van der Waals surface area contributed by atoms with Crippen LogP contribution in [0.1, 0.15) is 5.56 Å². The smallest absolute Gasteiger partial charge is 0.0181 e. The van der Waals surface area contributed by atoms with Gasteiger partial charge in [-0.2, -0.15) is 0 Å². The van der Waals surface area contributed by atoms with E-state index >= 15 is 0 Å². The van der Waals surface area contributed by atoms with Gasteiger partial charge in [0, 0.05) is 4.47 Å². The molecular formula is C14H14BrN. The van der Waals surface area contributed by atoms with E-state index in [-0.39, 0.29) is 0 Å². The quantitative estimate of drug-likeness (QED) is 0.910. The van der Waals surface area contributed by atoms with Crippen molar-refractivity contribution >= 4 is 15.9 Å². The Morgan fingerprint density at radius 3 is 2.44 bits per heavy atom. The summed E-state index contributed by atoms with van der Waals surface area (Å²) in [5.41, 5.74) is 9.44. The molecule has 0 radical (unpaired) electrons. The Hall–Kier alpha value is -1.12. The Balaban J connectivity index is 2.49. The van der Waals surface area contributed by atoms with Crippen molar-refractivity contribution in [1.82, 2.24) is 0 Å². The van der Waals surface area contributed by atoms with Gasteiger partial charge in [0.1, 0.15) is 0 Å². The van der Waals surface area contributed by atoms with Gasteiger partial charge < -0.3 is 5.73 Å². The summed E-state index contributed by atoms with van der Waals surface area (Å²) in [6.07, 6.45) is 0.914. The van der Waals surface area contributed by atoms with E-state index in [4.69, 9.17) is 5.73 Å². The highest BCUT2D eigenvalue weighted by atomic mass is 79.9. The molecule has 0 spiro atoms. The van der Waals surface area contributed by atoms with Gasteiger partial charge in [-0.3, -0.25) is 0 Å². The first-order chi connectivity index (χ1) is 7.81. The lowest BCUT2D eigenvalue weighted by molar-refractivity contribution is 0.970. The molecular weight excluding hydrogens is 262 g/mol. The molecule has 0 fully saturated rings. The lowest BCUT2D eigenvalue weighted by Crippen LogP contribution is -2.03.